The number of aryl methyl sites for hydroxylation is 2. The van der Waals surface area contributed by atoms with E-state index in [1.54, 1.807) is 6.20 Å². The maximum Gasteiger partial charge on any atom is 0.451 e. The lowest BCUT2D eigenvalue weighted by Crippen LogP contribution is -2.13. The zero-order valence-electron chi connectivity index (χ0n) is 16.2. The molecule has 4 nitrogen and oxygen atoms in total. The van der Waals surface area contributed by atoms with Gasteiger partial charge in [-0.05, 0) is 48.6 Å². The third-order valence-electron chi connectivity index (χ3n) is 4.65. The number of benzene rings is 1. The molecular weight excluding hydrogens is 409 g/mol. The molecular formula is C22H19F3N4S. The van der Waals surface area contributed by atoms with E-state index in [2.05, 4.69) is 44.5 Å². The molecule has 0 unspecified atom stereocenters. The monoisotopic (exact) mass is 428 g/mol. The fraction of sp³-hybridized carbons (Fsp3) is 0.227. The Bertz CT molecular complexity index is 1140. The number of thiophene rings is 1. The predicted octanol–water partition coefficient (Wildman–Crippen LogP) is 6.13. The first-order valence-corrected chi connectivity index (χ1v) is 10.3. The molecule has 0 aliphatic heterocycles. The number of nitrogens with zero attached hydrogens (tertiary/aromatic N) is 3. The topological polar surface area (TPSA) is 50.7 Å². The normalized spacial score (nSPS) is 11.7. The Morgan fingerprint density at radius 1 is 1.03 bits per heavy atom. The van der Waals surface area contributed by atoms with Gasteiger partial charge < -0.3 is 5.32 Å². The van der Waals surface area contributed by atoms with Gasteiger partial charge in [0.05, 0.1) is 5.39 Å². The number of rotatable bonds is 6. The van der Waals surface area contributed by atoms with Crippen molar-refractivity contribution in [1.82, 2.24) is 15.0 Å². The second kappa shape index (κ2) is 8.39. The molecule has 3 aromatic heterocycles. The molecule has 0 fully saturated rings. The van der Waals surface area contributed by atoms with Crippen molar-refractivity contribution in [3.05, 3.63) is 71.1 Å². The van der Waals surface area contributed by atoms with E-state index in [-0.39, 0.29) is 5.82 Å². The minimum absolute atomic E-state index is 0.239. The van der Waals surface area contributed by atoms with E-state index in [1.165, 1.54) is 16.9 Å². The van der Waals surface area contributed by atoms with Crippen LogP contribution in [0.1, 0.15) is 22.7 Å². The van der Waals surface area contributed by atoms with Gasteiger partial charge in [-0.15, -0.1) is 11.3 Å². The quantitative estimate of drug-likeness (QED) is 0.376. The summed E-state index contributed by atoms with van der Waals surface area (Å²) in [4.78, 5) is 12.8. The Kier molecular flexibility index (Phi) is 5.67. The lowest BCUT2D eigenvalue weighted by Gasteiger charge is -2.10. The van der Waals surface area contributed by atoms with Crippen LogP contribution in [0.2, 0.25) is 0 Å². The Balaban J connectivity index is 1.40. The van der Waals surface area contributed by atoms with E-state index in [1.807, 2.05) is 31.3 Å². The maximum absolute atomic E-state index is 13.1. The molecule has 0 radical (unpaired) electrons. The van der Waals surface area contributed by atoms with E-state index in [9.17, 15) is 13.2 Å². The third kappa shape index (κ3) is 4.59. The predicted molar refractivity (Wildman–Crippen MR) is 114 cm³/mol. The van der Waals surface area contributed by atoms with Crippen molar-refractivity contribution < 1.29 is 13.2 Å². The van der Waals surface area contributed by atoms with Crippen LogP contribution in [0.15, 0.2) is 54.9 Å². The molecule has 4 aromatic rings. The summed E-state index contributed by atoms with van der Waals surface area (Å²) in [5, 5.41) is 3.70. The summed E-state index contributed by atoms with van der Waals surface area (Å²) < 4.78 is 39.3. The summed E-state index contributed by atoms with van der Waals surface area (Å²) in [6.45, 7) is 2.36. The standard InChI is InChI=1S/C22H19F3N4S/c1-14-12-18-19(28-21(22(23,24)25)29-20(18)30-14)27-11-2-4-15-6-8-16(9-7-15)17-5-3-10-26-13-17/h3,5-10,12-13H,2,4,11H2,1H3,(H,27,28,29). The molecule has 8 heteroatoms. The van der Waals surface area contributed by atoms with Crippen molar-refractivity contribution in [2.75, 3.05) is 11.9 Å². The second-order valence-corrected chi connectivity index (χ2v) is 8.17. The number of nitrogens with one attached hydrogen (secondary N) is 1. The average molecular weight is 428 g/mol. The van der Waals surface area contributed by atoms with Crippen LogP contribution in [-0.2, 0) is 12.6 Å². The van der Waals surface area contributed by atoms with E-state index >= 15 is 0 Å². The van der Waals surface area contributed by atoms with Gasteiger partial charge in [-0.3, -0.25) is 4.98 Å². The fourth-order valence-corrected chi connectivity index (χ4v) is 4.08. The Hall–Kier alpha value is -3.00. The number of pyridine rings is 1. The van der Waals surface area contributed by atoms with Crippen LogP contribution in [0, 0.1) is 6.92 Å². The highest BCUT2D eigenvalue weighted by Crippen LogP contribution is 2.33. The van der Waals surface area contributed by atoms with Gasteiger partial charge in [0, 0.05) is 23.8 Å². The number of anilines is 1. The van der Waals surface area contributed by atoms with Gasteiger partial charge in [0.1, 0.15) is 10.6 Å². The zero-order valence-corrected chi connectivity index (χ0v) is 17.0. The zero-order chi connectivity index (χ0) is 21.1. The lowest BCUT2D eigenvalue weighted by atomic mass is 10.0. The summed E-state index contributed by atoms with van der Waals surface area (Å²) in [6, 6.07) is 14.0. The van der Waals surface area contributed by atoms with E-state index in [0.717, 1.165) is 28.8 Å². The van der Waals surface area contributed by atoms with Crippen LogP contribution in [0.25, 0.3) is 21.3 Å². The number of halogens is 3. The van der Waals surface area contributed by atoms with E-state index < -0.39 is 12.0 Å². The third-order valence-corrected chi connectivity index (χ3v) is 5.60. The summed E-state index contributed by atoms with van der Waals surface area (Å²) >= 11 is 1.24. The Labute approximate surface area is 175 Å². The van der Waals surface area contributed by atoms with Crippen LogP contribution >= 0.6 is 11.3 Å². The van der Waals surface area contributed by atoms with Crippen LogP contribution in [0.4, 0.5) is 19.0 Å². The van der Waals surface area contributed by atoms with Crippen LogP contribution in [0.5, 0.6) is 0 Å². The number of aromatic nitrogens is 3. The van der Waals surface area contributed by atoms with E-state index in [0.29, 0.717) is 16.8 Å². The van der Waals surface area contributed by atoms with Gasteiger partial charge in [0.2, 0.25) is 5.82 Å². The summed E-state index contributed by atoms with van der Waals surface area (Å²) in [5.74, 6) is -0.867. The van der Waals surface area contributed by atoms with Gasteiger partial charge in [0.15, 0.2) is 0 Å². The van der Waals surface area contributed by atoms with Crippen molar-refractivity contribution >= 4 is 27.4 Å². The SMILES string of the molecule is Cc1cc2c(NCCCc3ccc(-c4cccnc4)cc3)nc(C(F)(F)F)nc2s1. The van der Waals surface area contributed by atoms with Crippen molar-refractivity contribution in [3.63, 3.8) is 0 Å². The van der Waals surface area contributed by atoms with E-state index in [4.69, 9.17) is 0 Å². The number of alkyl halides is 3. The van der Waals surface area contributed by atoms with Crippen molar-refractivity contribution in [1.29, 1.82) is 0 Å². The van der Waals surface area contributed by atoms with Crippen molar-refractivity contribution in [2.24, 2.45) is 0 Å². The number of fused-ring (bicyclic) bond motifs is 1. The Morgan fingerprint density at radius 3 is 2.53 bits per heavy atom. The fourth-order valence-electron chi connectivity index (χ4n) is 3.20. The van der Waals surface area contributed by atoms with Gasteiger partial charge in [-0.1, -0.05) is 30.3 Å². The molecule has 0 atom stereocenters. The molecule has 1 N–H and O–H groups in total. The summed E-state index contributed by atoms with van der Waals surface area (Å²) in [7, 11) is 0. The minimum Gasteiger partial charge on any atom is -0.369 e. The first-order valence-electron chi connectivity index (χ1n) is 9.49. The largest absolute Gasteiger partial charge is 0.451 e. The average Bonchev–Trinajstić information content (AvgIpc) is 3.12. The highest BCUT2D eigenvalue weighted by atomic mass is 32.1. The molecule has 0 saturated heterocycles. The van der Waals surface area contributed by atoms with Gasteiger partial charge in [-0.25, -0.2) is 9.97 Å². The molecule has 154 valence electrons. The first-order chi connectivity index (χ1) is 14.4. The molecule has 1 aromatic carbocycles. The highest BCUT2D eigenvalue weighted by Gasteiger charge is 2.35. The van der Waals surface area contributed by atoms with Gasteiger partial charge >= 0.3 is 6.18 Å². The molecule has 0 spiro atoms. The highest BCUT2D eigenvalue weighted by molar-refractivity contribution is 7.18. The summed E-state index contributed by atoms with van der Waals surface area (Å²) in [5.41, 5.74) is 3.32. The van der Waals surface area contributed by atoms with Crippen LogP contribution in [-0.4, -0.2) is 21.5 Å². The molecule has 30 heavy (non-hydrogen) atoms. The molecule has 0 amide bonds. The summed E-state index contributed by atoms with van der Waals surface area (Å²) in [6.07, 6.45) is 0.568. The van der Waals surface area contributed by atoms with Crippen molar-refractivity contribution in [3.8, 4) is 11.1 Å². The number of hydrogen-bond donors (Lipinski definition) is 1. The molecule has 0 bridgehead atoms. The minimum atomic E-state index is -4.57. The molecule has 0 saturated carbocycles. The maximum atomic E-state index is 13.1. The smallest absolute Gasteiger partial charge is 0.369 e. The van der Waals surface area contributed by atoms with Gasteiger partial charge in [-0.2, -0.15) is 13.2 Å². The molecule has 0 aliphatic rings. The van der Waals surface area contributed by atoms with Crippen LogP contribution < -0.4 is 5.32 Å². The molecule has 0 aliphatic carbocycles. The second-order valence-electron chi connectivity index (χ2n) is 6.94. The first kappa shape index (κ1) is 20.3. The van der Waals surface area contributed by atoms with Crippen LogP contribution in [0.3, 0.4) is 0 Å². The number of hydrogen-bond acceptors (Lipinski definition) is 5. The van der Waals surface area contributed by atoms with Gasteiger partial charge in [0.25, 0.3) is 0 Å². The molecule has 4 rings (SSSR count). The molecule has 3 heterocycles. The Morgan fingerprint density at radius 2 is 1.83 bits per heavy atom. The lowest BCUT2D eigenvalue weighted by molar-refractivity contribution is -0.144. The van der Waals surface area contributed by atoms with Crippen molar-refractivity contribution in [2.45, 2.75) is 25.9 Å².